The number of rotatable bonds is 6. The summed E-state index contributed by atoms with van der Waals surface area (Å²) >= 11 is 0. The van der Waals surface area contributed by atoms with Crippen LogP contribution < -0.4 is 0 Å². The number of hydrogen-bond donors (Lipinski definition) is 0. The summed E-state index contributed by atoms with van der Waals surface area (Å²) in [5.74, 6) is -0.427. The second-order valence-electron chi connectivity index (χ2n) is 6.79. The van der Waals surface area contributed by atoms with Gasteiger partial charge in [0.25, 0.3) is 0 Å². The van der Waals surface area contributed by atoms with Crippen LogP contribution in [0, 0.1) is 20.2 Å². The van der Waals surface area contributed by atoms with Gasteiger partial charge in [0.05, 0.1) is 7.11 Å². The Hall–Kier alpha value is -3.43. The second kappa shape index (κ2) is 15.4. The molecule has 0 radical (unpaired) electrons. The number of ketones is 1. The minimum Gasteiger partial charge on any atom is -0.466 e. The number of ether oxygens (including phenoxy) is 1. The van der Waals surface area contributed by atoms with Gasteiger partial charge in [-0.3, -0.25) is 29.8 Å². The summed E-state index contributed by atoms with van der Waals surface area (Å²) in [6.07, 6.45) is 12.0. The molecule has 0 fully saturated rings. The number of methoxy groups -OCH3 is 1. The van der Waals surface area contributed by atoms with Gasteiger partial charge in [0.1, 0.15) is 6.29 Å². The van der Waals surface area contributed by atoms with E-state index in [0.29, 0.717) is 44.0 Å². The first kappa shape index (κ1) is 27.6. The predicted octanol–water partition coefficient (Wildman–Crippen LogP) is 3.17. The van der Waals surface area contributed by atoms with E-state index in [1.807, 2.05) is 6.08 Å². The van der Waals surface area contributed by atoms with Crippen LogP contribution in [0.15, 0.2) is 48.1 Å². The molecule has 2 atom stereocenters. The van der Waals surface area contributed by atoms with E-state index in [1.165, 1.54) is 20.1 Å². The molecule has 0 aliphatic heterocycles. The third-order valence-electron chi connectivity index (χ3n) is 4.40. The molecule has 2 unspecified atom stereocenters. The quantitative estimate of drug-likeness (QED) is 0.203. The van der Waals surface area contributed by atoms with Crippen LogP contribution >= 0.6 is 0 Å². The Bertz CT molecular complexity index is 767. The number of carbonyl (C=O) groups excluding carboxylic acids is 3. The van der Waals surface area contributed by atoms with Crippen LogP contribution in [0.25, 0.3) is 0 Å². The van der Waals surface area contributed by atoms with Gasteiger partial charge in [0, 0.05) is 41.6 Å². The van der Waals surface area contributed by atoms with Gasteiger partial charge in [-0.15, -0.1) is 0 Å². The van der Waals surface area contributed by atoms with Crippen LogP contribution in [0.4, 0.5) is 0 Å². The van der Waals surface area contributed by atoms with Crippen molar-refractivity contribution in [1.82, 2.24) is 0 Å². The molecule has 2 rings (SSSR count). The topological polar surface area (TPSA) is 147 Å². The highest BCUT2D eigenvalue weighted by molar-refractivity contribution is 5.87. The molecule has 10 heteroatoms. The van der Waals surface area contributed by atoms with E-state index in [4.69, 9.17) is 0 Å². The molecule has 0 heterocycles. The Balaban J connectivity index is 0.000000472. The SMILES string of the molecule is C=CC(=O)OC.CC(=O)/C=C/C1=CCCC([N+](=O)[O-])C1.O=CC1=CCCC([N+](=O)[O-])C1. The molecule has 0 aromatic heterocycles. The van der Waals surface area contributed by atoms with E-state index in [0.717, 1.165) is 18.1 Å². The van der Waals surface area contributed by atoms with E-state index < -0.39 is 18.1 Å². The summed E-state index contributed by atoms with van der Waals surface area (Å²) in [6.45, 7) is 4.62. The number of carbonyl (C=O) groups is 3. The third-order valence-corrected chi connectivity index (χ3v) is 4.40. The van der Waals surface area contributed by atoms with Crippen LogP contribution in [0.1, 0.15) is 45.4 Å². The lowest BCUT2D eigenvalue weighted by atomic mass is 9.95. The maximum absolute atomic E-state index is 10.7. The molecule has 0 N–H and O–H groups in total. The van der Waals surface area contributed by atoms with Gasteiger partial charge in [-0.05, 0) is 37.0 Å². The van der Waals surface area contributed by atoms with Crippen molar-refractivity contribution in [3.05, 3.63) is 68.3 Å². The number of esters is 1. The zero-order chi connectivity index (χ0) is 23.8. The Labute approximate surface area is 180 Å². The van der Waals surface area contributed by atoms with Gasteiger partial charge in [0.2, 0.25) is 12.1 Å². The predicted molar refractivity (Wildman–Crippen MR) is 114 cm³/mol. The fourth-order valence-corrected chi connectivity index (χ4v) is 2.74. The number of aldehydes is 1. The second-order valence-corrected chi connectivity index (χ2v) is 6.79. The largest absolute Gasteiger partial charge is 0.466 e. The molecule has 0 amide bonds. The fourth-order valence-electron chi connectivity index (χ4n) is 2.74. The van der Waals surface area contributed by atoms with Crippen molar-refractivity contribution >= 4 is 18.0 Å². The van der Waals surface area contributed by atoms with Crippen molar-refractivity contribution in [2.75, 3.05) is 7.11 Å². The molecule has 10 nitrogen and oxygen atoms in total. The van der Waals surface area contributed by atoms with Crippen molar-refractivity contribution < 1.29 is 29.0 Å². The average Bonchev–Trinajstić information content (AvgIpc) is 2.78. The van der Waals surface area contributed by atoms with Gasteiger partial charge >= 0.3 is 5.97 Å². The highest BCUT2D eigenvalue weighted by Crippen LogP contribution is 2.21. The van der Waals surface area contributed by atoms with Gasteiger partial charge in [-0.2, -0.15) is 0 Å². The van der Waals surface area contributed by atoms with Crippen LogP contribution in [0.3, 0.4) is 0 Å². The highest BCUT2D eigenvalue weighted by Gasteiger charge is 2.24. The first-order chi connectivity index (χ1) is 14.6. The molecule has 31 heavy (non-hydrogen) atoms. The number of nitrogens with zero attached hydrogens (tertiary/aromatic N) is 2. The standard InChI is InChI=1S/C10H13NO3.C7H9NO3.C4H6O2/c1-8(12)5-6-9-3-2-4-10(7-9)11(13)14;9-5-6-2-1-3-7(4-6)8(10)11;1-3-4(5)6-2/h3,5-6,10H,2,4,7H2,1H3;2,5,7H,1,3-4H2;3H,1H2,2H3/b6-5+;;. The maximum Gasteiger partial charge on any atom is 0.329 e. The van der Waals surface area contributed by atoms with Gasteiger partial charge in [0.15, 0.2) is 5.78 Å². The lowest BCUT2D eigenvalue weighted by molar-refractivity contribution is -0.523. The fraction of sp³-hybridized carbons (Fsp3) is 0.476. The number of hydrogen-bond acceptors (Lipinski definition) is 8. The highest BCUT2D eigenvalue weighted by atomic mass is 16.6. The van der Waals surface area contributed by atoms with Crippen molar-refractivity contribution in [2.45, 2.75) is 57.5 Å². The molecule has 170 valence electrons. The summed E-state index contributed by atoms with van der Waals surface area (Å²) in [5, 5.41) is 20.8. The molecule has 2 aliphatic carbocycles. The van der Waals surface area contributed by atoms with Crippen LogP contribution in [-0.2, 0) is 19.1 Å². The Morgan fingerprint density at radius 3 is 1.90 bits per heavy atom. The Morgan fingerprint density at radius 2 is 1.55 bits per heavy atom. The molecule has 0 saturated heterocycles. The first-order valence-corrected chi connectivity index (χ1v) is 9.63. The van der Waals surface area contributed by atoms with E-state index >= 15 is 0 Å². The summed E-state index contributed by atoms with van der Waals surface area (Å²) in [7, 11) is 1.31. The summed E-state index contributed by atoms with van der Waals surface area (Å²) in [4.78, 5) is 51.0. The molecule has 0 spiro atoms. The van der Waals surface area contributed by atoms with Crippen molar-refractivity contribution in [2.24, 2.45) is 0 Å². The molecule has 0 bridgehead atoms. The third kappa shape index (κ3) is 12.7. The summed E-state index contributed by atoms with van der Waals surface area (Å²) < 4.78 is 4.14. The van der Waals surface area contributed by atoms with Gasteiger partial charge < -0.3 is 4.74 Å². The van der Waals surface area contributed by atoms with Gasteiger partial charge in [-0.25, -0.2) is 4.79 Å². The van der Waals surface area contributed by atoms with Crippen molar-refractivity contribution in [1.29, 1.82) is 0 Å². The number of allylic oxidation sites excluding steroid dienone is 4. The number of nitro groups is 2. The zero-order valence-corrected chi connectivity index (χ0v) is 17.7. The van der Waals surface area contributed by atoms with Crippen molar-refractivity contribution in [3.8, 4) is 0 Å². The maximum atomic E-state index is 10.7. The monoisotopic (exact) mass is 436 g/mol. The van der Waals surface area contributed by atoms with Gasteiger partial charge in [-0.1, -0.05) is 24.8 Å². The minimum absolute atomic E-state index is 0.0332. The molecule has 0 saturated carbocycles. The van der Waals surface area contributed by atoms with Crippen LogP contribution in [-0.4, -0.2) is 47.1 Å². The molecule has 0 aromatic rings. The normalized spacial score (nSPS) is 19.8. The smallest absolute Gasteiger partial charge is 0.329 e. The van der Waals surface area contributed by atoms with E-state index in [-0.39, 0.29) is 15.6 Å². The van der Waals surface area contributed by atoms with Crippen LogP contribution in [0.2, 0.25) is 0 Å². The van der Waals surface area contributed by atoms with E-state index in [9.17, 15) is 34.6 Å². The van der Waals surface area contributed by atoms with Crippen LogP contribution in [0.5, 0.6) is 0 Å². The first-order valence-electron chi connectivity index (χ1n) is 9.63. The zero-order valence-electron chi connectivity index (χ0n) is 17.7. The lowest BCUT2D eigenvalue weighted by Gasteiger charge is -2.13. The summed E-state index contributed by atoms with van der Waals surface area (Å²) in [6, 6.07) is -1.02. The lowest BCUT2D eigenvalue weighted by Crippen LogP contribution is -2.22. The molecular formula is C21H28N2O8. The minimum atomic E-state index is -0.541. The van der Waals surface area contributed by atoms with Crippen molar-refractivity contribution in [3.63, 3.8) is 0 Å². The average molecular weight is 436 g/mol. The van der Waals surface area contributed by atoms with E-state index in [1.54, 1.807) is 12.2 Å². The molecule has 2 aliphatic rings. The molecular weight excluding hydrogens is 408 g/mol. The van der Waals surface area contributed by atoms with E-state index in [2.05, 4.69) is 11.3 Å². The summed E-state index contributed by atoms with van der Waals surface area (Å²) in [5.41, 5.74) is 1.46. The Morgan fingerprint density at radius 1 is 1.06 bits per heavy atom. The molecule has 0 aromatic carbocycles. The Kier molecular flexibility index (Phi) is 13.7.